The van der Waals surface area contributed by atoms with Gasteiger partial charge in [-0.1, -0.05) is 113 Å². The number of methoxy groups -OCH3 is 2. The van der Waals surface area contributed by atoms with Gasteiger partial charge < -0.3 is 18.6 Å². The predicted molar refractivity (Wildman–Crippen MR) is 242 cm³/mol. The van der Waals surface area contributed by atoms with Crippen molar-refractivity contribution in [3.05, 3.63) is 103 Å². The Labute approximate surface area is 356 Å². The zero-order valence-corrected chi connectivity index (χ0v) is 38.3. The summed E-state index contributed by atoms with van der Waals surface area (Å²) in [5, 5.41) is 1.98. The van der Waals surface area contributed by atoms with Gasteiger partial charge in [0, 0.05) is 31.0 Å². The first-order valence-electron chi connectivity index (χ1n) is 20.7. The number of rotatable bonds is 20. The summed E-state index contributed by atoms with van der Waals surface area (Å²) in [5.41, 5.74) is 0.258. The molecule has 3 aromatic carbocycles. The zero-order valence-electron chi connectivity index (χ0n) is 35.6. The van der Waals surface area contributed by atoms with Gasteiger partial charge in [-0.15, -0.1) is 30.1 Å². The van der Waals surface area contributed by atoms with E-state index in [1.807, 2.05) is 42.5 Å². The van der Waals surface area contributed by atoms with E-state index in [-0.39, 0.29) is 35.6 Å². The molecule has 0 amide bonds. The lowest BCUT2D eigenvalue weighted by atomic mass is 9.66. The van der Waals surface area contributed by atoms with E-state index in [0.29, 0.717) is 32.5 Å². The van der Waals surface area contributed by atoms with E-state index in [2.05, 4.69) is 89.7 Å². The molecule has 1 aliphatic carbocycles. The third-order valence-corrected chi connectivity index (χ3v) is 20.5. The number of carbonyl (C=O) groups is 3. The lowest BCUT2D eigenvalue weighted by molar-refractivity contribution is -0.152. The number of ketones is 2. The molecule has 0 N–H and O–H groups in total. The average Bonchev–Trinajstić information content (AvgIpc) is 3.49. The van der Waals surface area contributed by atoms with E-state index in [1.165, 1.54) is 7.11 Å². The average molecular weight is 845 g/mol. The molecule has 2 aliphatic rings. The molecule has 10 heteroatoms. The van der Waals surface area contributed by atoms with Crippen LogP contribution >= 0.6 is 23.5 Å². The predicted octanol–water partition coefficient (Wildman–Crippen LogP) is 9.31. The van der Waals surface area contributed by atoms with Crippen molar-refractivity contribution >= 4 is 59.8 Å². The standard InChI is InChI=1S/C48H64O7S2Si/c1-9-10-22-40(44(50)48(56-29-17-30-57-48)31-35(2)27-28-54-33-36-23-25-37(52-7)26-24-36)43-42(45(51)53-8)41(49)32-47(43,6)34-55-58(46(3,4)5,38-18-13-11-14-19-38)39-20-15-12-16-21-39/h9,11-16,18-21,23-26,35,40,42-43H,1,10,17,22,27-34H2,2-8H3/t35-,40?,42+,43-,47-/m1/s1. The van der Waals surface area contributed by atoms with Crippen LogP contribution < -0.4 is 15.1 Å². The lowest BCUT2D eigenvalue weighted by Crippen LogP contribution is -2.67. The van der Waals surface area contributed by atoms with Gasteiger partial charge in [-0.2, -0.15) is 0 Å². The number of allylic oxidation sites excluding steroid dienone is 1. The number of ether oxygens (including phenoxy) is 3. The van der Waals surface area contributed by atoms with Crippen LogP contribution in [-0.4, -0.2) is 68.9 Å². The summed E-state index contributed by atoms with van der Waals surface area (Å²) < 4.78 is 23.6. The highest BCUT2D eigenvalue weighted by Gasteiger charge is 2.61. The topological polar surface area (TPSA) is 88.1 Å². The van der Waals surface area contributed by atoms with Crippen molar-refractivity contribution in [1.29, 1.82) is 0 Å². The summed E-state index contributed by atoms with van der Waals surface area (Å²) in [6.07, 6.45) is 5.56. The molecule has 0 radical (unpaired) electrons. The molecule has 0 bridgehead atoms. The molecule has 2 fully saturated rings. The van der Waals surface area contributed by atoms with Crippen LogP contribution in [0.15, 0.2) is 97.6 Å². The van der Waals surface area contributed by atoms with E-state index in [4.69, 9.17) is 18.6 Å². The second-order valence-corrected chi connectivity index (χ2v) is 24.8. The smallest absolute Gasteiger partial charge is 0.316 e. The van der Waals surface area contributed by atoms with E-state index >= 15 is 4.79 Å². The first-order chi connectivity index (χ1) is 27.7. The van der Waals surface area contributed by atoms with Crippen LogP contribution in [0.25, 0.3) is 0 Å². The molecular weight excluding hydrogens is 781 g/mol. The van der Waals surface area contributed by atoms with Gasteiger partial charge in [-0.3, -0.25) is 14.4 Å². The highest BCUT2D eigenvalue weighted by molar-refractivity contribution is 8.19. The number of benzene rings is 3. The molecule has 3 aromatic rings. The molecule has 314 valence electrons. The number of hydrogen-bond acceptors (Lipinski definition) is 9. The van der Waals surface area contributed by atoms with Crippen LogP contribution in [0.1, 0.15) is 78.7 Å². The maximum Gasteiger partial charge on any atom is 0.316 e. The van der Waals surface area contributed by atoms with Crippen molar-refractivity contribution < 1.29 is 33.0 Å². The highest BCUT2D eigenvalue weighted by atomic mass is 32.2. The molecule has 1 unspecified atom stereocenters. The van der Waals surface area contributed by atoms with Crippen molar-refractivity contribution in [2.24, 2.45) is 29.1 Å². The fourth-order valence-electron chi connectivity index (χ4n) is 9.28. The molecule has 1 aliphatic heterocycles. The van der Waals surface area contributed by atoms with Gasteiger partial charge in [0.25, 0.3) is 8.32 Å². The minimum absolute atomic E-state index is 0.125. The van der Waals surface area contributed by atoms with Crippen LogP contribution in [0.2, 0.25) is 5.04 Å². The molecule has 7 nitrogen and oxygen atoms in total. The number of thioether (sulfide) groups is 2. The van der Waals surface area contributed by atoms with E-state index in [9.17, 15) is 9.59 Å². The van der Waals surface area contributed by atoms with Crippen LogP contribution in [0, 0.1) is 29.1 Å². The molecule has 1 heterocycles. The third kappa shape index (κ3) is 10.2. The van der Waals surface area contributed by atoms with Crippen molar-refractivity contribution in [2.75, 3.05) is 38.9 Å². The van der Waals surface area contributed by atoms with Crippen LogP contribution in [0.4, 0.5) is 0 Å². The molecule has 5 atom stereocenters. The Hall–Kier alpha value is -3.15. The zero-order chi connectivity index (χ0) is 42.0. The molecule has 5 rings (SSSR count). The normalized spacial score (nSPS) is 21.9. The molecular formula is C48H64O7S2Si. The second-order valence-electron chi connectivity index (χ2n) is 17.4. The first-order valence-corrected chi connectivity index (χ1v) is 24.6. The minimum atomic E-state index is -3.03. The van der Waals surface area contributed by atoms with Crippen LogP contribution in [0.5, 0.6) is 5.75 Å². The van der Waals surface area contributed by atoms with E-state index in [1.54, 1.807) is 30.6 Å². The molecule has 0 spiro atoms. The summed E-state index contributed by atoms with van der Waals surface area (Å²) in [5.74, 6) is -0.103. The first kappa shape index (κ1) is 45.9. The second kappa shape index (κ2) is 20.4. The fraction of sp³-hybridized carbons (Fsp3) is 0.521. The summed E-state index contributed by atoms with van der Waals surface area (Å²) in [4.78, 5) is 43.7. The van der Waals surface area contributed by atoms with E-state index < -0.39 is 41.5 Å². The van der Waals surface area contributed by atoms with Crippen molar-refractivity contribution in [1.82, 2.24) is 0 Å². The van der Waals surface area contributed by atoms with Gasteiger partial charge in [0.2, 0.25) is 0 Å². The van der Waals surface area contributed by atoms with Crippen LogP contribution in [0.3, 0.4) is 0 Å². The summed E-state index contributed by atoms with van der Waals surface area (Å²) >= 11 is 3.50. The quantitative estimate of drug-likeness (QED) is 0.0363. The Bertz CT molecular complexity index is 1770. The number of Topliss-reactive ketones (excluding diaryl/α,β-unsaturated/α-hetero) is 2. The van der Waals surface area contributed by atoms with Gasteiger partial charge in [-0.25, -0.2) is 0 Å². The fourth-order valence-corrected chi connectivity index (χ4v) is 17.6. The third-order valence-electron chi connectivity index (χ3n) is 12.2. The number of carbonyl (C=O) groups excluding carboxylic acids is 3. The lowest BCUT2D eigenvalue weighted by Gasteiger charge is -2.47. The summed E-state index contributed by atoms with van der Waals surface area (Å²) in [7, 11) is -0.0268. The number of hydrogen-bond donors (Lipinski definition) is 0. The monoisotopic (exact) mass is 844 g/mol. The van der Waals surface area contributed by atoms with Crippen molar-refractivity contribution in [3.8, 4) is 5.75 Å². The Morgan fingerprint density at radius 1 is 0.931 bits per heavy atom. The summed E-state index contributed by atoms with van der Waals surface area (Å²) in [6, 6.07) is 28.8. The summed E-state index contributed by atoms with van der Waals surface area (Å²) in [6.45, 7) is 16.3. The minimum Gasteiger partial charge on any atom is -0.497 e. The maximum absolute atomic E-state index is 15.7. The highest BCUT2D eigenvalue weighted by Crippen LogP contribution is 2.56. The van der Waals surface area contributed by atoms with Crippen LogP contribution in [-0.2, 0) is 34.9 Å². The molecule has 1 saturated heterocycles. The van der Waals surface area contributed by atoms with Gasteiger partial charge in [-0.05, 0) is 88.6 Å². The Kier molecular flexibility index (Phi) is 16.2. The van der Waals surface area contributed by atoms with Gasteiger partial charge >= 0.3 is 5.97 Å². The van der Waals surface area contributed by atoms with Gasteiger partial charge in [0.15, 0.2) is 5.78 Å². The Balaban J connectivity index is 1.48. The molecule has 0 aromatic heterocycles. The number of esters is 1. The Morgan fingerprint density at radius 3 is 2.07 bits per heavy atom. The van der Waals surface area contributed by atoms with Crippen molar-refractivity contribution in [3.63, 3.8) is 0 Å². The van der Waals surface area contributed by atoms with Gasteiger partial charge in [0.05, 0.1) is 20.8 Å². The van der Waals surface area contributed by atoms with E-state index in [0.717, 1.165) is 46.0 Å². The molecule has 58 heavy (non-hydrogen) atoms. The largest absolute Gasteiger partial charge is 0.497 e. The molecule has 1 saturated carbocycles. The van der Waals surface area contributed by atoms with Gasteiger partial charge in [0.1, 0.15) is 21.5 Å². The maximum atomic E-state index is 15.7. The Morgan fingerprint density at radius 2 is 1.53 bits per heavy atom. The van der Waals surface area contributed by atoms with Crippen molar-refractivity contribution in [2.45, 2.75) is 88.9 Å². The SMILES string of the molecule is C=CCCC(C(=O)C1(C[C@H](C)CCOCc2ccc(OC)cc2)SCCCS1)[C@@H]1[C@@H](C(=O)OC)C(=O)C[C@]1(C)CO[Si](c1ccccc1)(c1ccccc1)C(C)(C)C.